The van der Waals surface area contributed by atoms with E-state index in [-0.39, 0.29) is 27.1 Å². The Morgan fingerprint density at radius 3 is 2.00 bits per heavy atom. The minimum absolute atomic E-state index is 0. The van der Waals surface area contributed by atoms with Crippen LogP contribution >= 0.6 is 24.0 Å². The molecule has 0 amide bonds. The molecule has 0 aromatic carbocycles. The van der Waals surface area contributed by atoms with Gasteiger partial charge in [-0.1, -0.05) is 0 Å². The Morgan fingerprint density at radius 1 is 1.20 bits per heavy atom. The molecular weight excluding hydrogens is 230 g/mol. The molecule has 0 saturated heterocycles. The molecule has 0 fully saturated rings. The van der Waals surface area contributed by atoms with Gasteiger partial charge in [-0.05, 0) is 0 Å². The molecule has 0 radical (unpaired) electrons. The van der Waals surface area contributed by atoms with Crippen molar-refractivity contribution < 1.29 is 0 Å². The molecule has 0 aliphatic carbocycles. The molecule has 0 rings (SSSR count). The molecule has 0 aromatic heterocycles. The fraction of sp³-hybridized carbons (Fsp3) is 1.00. The summed E-state index contributed by atoms with van der Waals surface area (Å²) in [5, 5.41) is 4.38. The van der Waals surface area contributed by atoms with Crippen LogP contribution < -0.4 is 0 Å². The van der Waals surface area contributed by atoms with E-state index in [0.29, 0.717) is 0 Å². The first-order valence-electron chi connectivity index (χ1n) is 3.63. The van der Waals surface area contributed by atoms with E-state index in [9.17, 15) is 0 Å². The summed E-state index contributed by atoms with van der Waals surface area (Å²) in [4.78, 5) is 0. The number of halogens is 2. The van der Waals surface area contributed by atoms with Crippen LogP contribution in [-0.4, -0.2) is 20.5 Å². The molecule has 0 aliphatic heterocycles. The van der Waals surface area contributed by atoms with E-state index >= 15 is 0 Å². The van der Waals surface area contributed by atoms with E-state index in [1.807, 2.05) is 0 Å². The Morgan fingerprint density at radius 2 is 1.70 bits per heavy atom. The predicted octanol–water partition coefficient (Wildman–Crippen LogP) is 3.57. The minimum atomic E-state index is -0.355. The van der Waals surface area contributed by atoms with Crippen molar-refractivity contribution in [1.82, 2.24) is 0 Å². The van der Waals surface area contributed by atoms with Gasteiger partial charge in [-0.3, -0.25) is 0 Å². The molecule has 0 heterocycles. The van der Waals surface area contributed by atoms with Gasteiger partial charge in [0.15, 0.2) is 0 Å². The third kappa shape index (κ3) is 7.25. The molecule has 0 atom stereocenters. The summed E-state index contributed by atoms with van der Waals surface area (Å²) in [6, 6.07) is 0. The number of rotatable bonds is 5. The molecule has 0 spiro atoms. The third-order valence-corrected chi connectivity index (χ3v) is 7.51. The molecule has 0 aliphatic rings. The normalized spacial score (nSPS) is 9.60. The van der Waals surface area contributed by atoms with E-state index in [2.05, 4.69) is 13.8 Å². The summed E-state index contributed by atoms with van der Waals surface area (Å²) >= 11 is 5.23. The van der Waals surface area contributed by atoms with Crippen molar-refractivity contribution in [3.05, 3.63) is 0 Å². The standard InChI is InChI=1S/C7H16AsCl.ClH/c1-3-8(4-2)6-5-7-9;/h3-7H2,1-2H3;1H. The van der Waals surface area contributed by atoms with Crippen LogP contribution in [-0.2, 0) is 0 Å². The second kappa shape index (κ2) is 10.1. The Bertz CT molecular complexity index is 55.6. The van der Waals surface area contributed by atoms with Crippen LogP contribution in [0.5, 0.6) is 0 Å². The van der Waals surface area contributed by atoms with Crippen LogP contribution in [0.4, 0.5) is 0 Å². The first-order valence-corrected chi connectivity index (χ1v) is 8.15. The van der Waals surface area contributed by atoms with Crippen LogP contribution in [0.1, 0.15) is 20.3 Å². The van der Waals surface area contributed by atoms with Crippen LogP contribution in [0.25, 0.3) is 0 Å². The molecule has 0 unspecified atom stereocenters. The Balaban J connectivity index is 0. The molecule has 0 saturated carbocycles. The van der Waals surface area contributed by atoms with Crippen LogP contribution in [0.15, 0.2) is 0 Å². The van der Waals surface area contributed by atoms with Crippen molar-refractivity contribution >= 4 is 38.7 Å². The molecule has 64 valence electrons. The first kappa shape index (κ1) is 13.7. The Kier molecular flexibility index (Phi) is 13.9. The number of hydrogen-bond donors (Lipinski definition) is 0. The number of hydrogen-bond acceptors (Lipinski definition) is 0. The van der Waals surface area contributed by atoms with Crippen molar-refractivity contribution in [1.29, 1.82) is 0 Å². The van der Waals surface area contributed by atoms with Gasteiger partial charge in [0.05, 0.1) is 0 Å². The maximum Gasteiger partial charge on any atom is -0.147 e. The molecular formula is C7H17AsCl2. The van der Waals surface area contributed by atoms with Gasteiger partial charge in [0, 0.05) is 0 Å². The topological polar surface area (TPSA) is 0 Å². The van der Waals surface area contributed by atoms with E-state index in [1.165, 1.54) is 22.0 Å². The van der Waals surface area contributed by atoms with Gasteiger partial charge in [-0.25, -0.2) is 0 Å². The number of alkyl halides is 1. The second-order valence-corrected chi connectivity index (χ2v) is 8.85. The van der Waals surface area contributed by atoms with Gasteiger partial charge < -0.3 is 0 Å². The van der Waals surface area contributed by atoms with Gasteiger partial charge in [-0.15, -0.1) is 12.4 Å². The van der Waals surface area contributed by atoms with Crippen molar-refractivity contribution in [3.63, 3.8) is 0 Å². The van der Waals surface area contributed by atoms with Gasteiger partial charge in [0.2, 0.25) is 0 Å². The van der Waals surface area contributed by atoms with Gasteiger partial charge in [0.1, 0.15) is 0 Å². The molecule has 0 aromatic rings. The molecule has 3 heteroatoms. The third-order valence-electron chi connectivity index (χ3n) is 1.50. The Labute approximate surface area is 80.4 Å². The van der Waals surface area contributed by atoms with Crippen LogP contribution in [0.2, 0.25) is 15.6 Å². The van der Waals surface area contributed by atoms with Gasteiger partial charge in [-0.2, -0.15) is 0 Å². The zero-order chi connectivity index (χ0) is 7.11. The average molecular weight is 247 g/mol. The summed E-state index contributed by atoms with van der Waals surface area (Å²) in [6.45, 7) is 4.63. The van der Waals surface area contributed by atoms with Crippen molar-refractivity contribution in [3.8, 4) is 0 Å². The maximum atomic E-state index is 5.58. The SMILES string of the molecule is CC[As](CC)CCCCl.Cl. The van der Waals surface area contributed by atoms with Crippen molar-refractivity contribution in [2.24, 2.45) is 0 Å². The quantitative estimate of drug-likeness (QED) is 0.514. The molecule has 10 heavy (non-hydrogen) atoms. The fourth-order valence-electron chi connectivity index (χ4n) is 0.823. The maximum absolute atomic E-state index is 5.58. The smallest absolute Gasteiger partial charge is 0.147 e. The summed E-state index contributed by atoms with van der Waals surface area (Å²) in [7, 11) is 0. The van der Waals surface area contributed by atoms with Crippen LogP contribution in [0, 0.1) is 0 Å². The zero-order valence-electron chi connectivity index (χ0n) is 6.77. The molecule has 0 nitrogen and oxygen atoms in total. The van der Waals surface area contributed by atoms with Crippen molar-refractivity contribution in [2.75, 3.05) is 5.88 Å². The average Bonchev–Trinajstić information content (AvgIpc) is 1.91. The van der Waals surface area contributed by atoms with Gasteiger partial charge >= 0.3 is 68.0 Å². The van der Waals surface area contributed by atoms with E-state index in [0.717, 1.165) is 5.88 Å². The summed E-state index contributed by atoms with van der Waals surface area (Å²) in [5.41, 5.74) is 0. The fourth-order valence-corrected chi connectivity index (χ4v) is 4.90. The van der Waals surface area contributed by atoms with Crippen molar-refractivity contribution in [2.45, 2.75) is 35.9 Å². The summed E-state index contributed by atoms with van der Waals surface area (Å²) in [5.74, 6) is 0.866. The largest absolute Gasteiger partial charge is 0.147 e. The van der Waals surface area contributed by atoms with Gasteiger partial charge in [0.25, 0.3) is 0 Å². The minimum Gasteiger partial charge on any atom is -0.147 e. The first-order chi connectivity index (χ1) is 4.35. The second-order valence-electron chi connectivity index (χ2n) is 2.07. The van der Waals surface area contributed by atoms with E-state index in [1.54, 1.807) is 0 Å². The Hall–Kier alpha value is 1.14. The molecule has 0 N–H and O–H groups in total. The summed E-state index contributed by atoms with van der Waals surface area (Å²) in [6.07, 6.45) is 1.25. The predicted molar refractivity (Wildman–Crippen MR) is 54.1 cm³/mol. The molecule has 0 bridgehead atoms. The van der Waals surface area contributed by atoms with E-state index < -0.39 is 0 Å². The zero-order valence-corrected chi connectivity index (χ0v) is 10.2. The van der Waals surface area contributed by atoms with Crippen LogP contribution in [0.3, 0.4) is 0 Å². The monoisotopic (exact) mass is 246 g/mol. The van der Waals surface area contributed by atoms with E-state index in [4.69, 9.17) is 11.6 Å². The summed E-state index contributed by atoms with van der Waals surface area (Å²) < 4.78 is 0.